The van der Waals surface area contributed by atoms with E-state index in [0.29, 0.717) is 0 Å². The maximum atomic E-state index is 2.40. The van der Waals surface area contributed by atoms with Gasteiger partial charge in [-0.15, -0.1) is 11.3 Å². The van der Waals surface area contributed by atoms with Crippen LogP contribution in [-0.4, -0.2) is 0 Å². The molecule has 0 saturated carbocycles. The third-order valence-corrected chi connectivity index (χ3v) is 10.6. The molecule has 0 atom stereocenters. The van der Waals surface area contributed by atoms with Crippen molar-refractivity contribution >= 4 is 48.6 Å². The van der Waals surface area contributed by atoms with Gasteiger partial charge in [0.1, 0.15) is 0 Å². The first-order valence-corrected chi connectivity index (χ1v) is 17.8. The molecule has 0 amide bonds. The van der Waals surface area contributed by atoms with Gasteiger partial charge in [0.15, 0.2) is 0 Å². The van der Waals surface area contributed by atoms with Crippen LogP contribution >= 0.6 is 11.3 Å². The average molecular weight is 656 g/mol. The Morgan fingerprint density at radius 3 is 1.52 bits per heavy atom. The summed E-state index contributed by atoms with van der Waals surface area (Å²) in [6.07, 6.45) is 0. The van der Waals surface area contributed by atoms with Gasteiger partial charge in [0, 0.05) is 37.1 Å². The van der Waals surface area contributed by atoms with Gasteiger partial charge < -0.3 is 4.90 Å². The molecule has 0 spiro atoms. The van der Waals surface area contributed by atoms with Crippen LogP contribution in [0.3, 0.4) is 0 Å². The van der Waals surface area contributed by atoms with E-state index in [1.54, 1.807) is 0 Å². The van der Waals surface area contributed by atoms with E-state index in [-0.39, 0.29) is 0 Å². The Balaban J connectivity index is 1.16. The first kappa shape index (κ1) is 29.9. The van der Waals surface area contributed by atoms with E-state index in [1.807, 2.05) is 11.3 Å². The highest BCUT2D eigenvalue weighted by molar-refractivity contribution is 7.25. The first-order valence-electron chi connectivity index (χ1n) is 17.0. The predicted molar refractivity (Wildman–Crippen MR) is 216 cm³/mol. The van der Waals surface area contributed by atoms with E-state index in [2.05, 4.69) is 205 Å². The molecular formula is C48H33NS. The Labute approximate surface area is 297 Å². The van der Waals surface area contributed by atoms with E-state index < -0.39 is 0 Å². The second kappa shape index (κ2) is 13.0. The third kappa shape index (κ3) is 5.66. The second-order valence-electron chi connectivity index (χ2n) is 12.6. The van der Waals surface area contributed by atoms with E-state index >= 15 is 0 Å². The second-order valence-corrected chi connectivity index (χ2v) is 13.7. The summed E-state index contributed by atoms with van der Waals surface area (Å²) < 4.78 is 2.65. The minimum absolute atomic E-state index is 1.10. The fourth-order valence-corrected chi connectivity index (χ4v) is 8.17. The minimum Gasteiger partial charge on any atom is -0.310 e. The summed E-state index contributed by atoms with van der Waals surface area (Å²) in [5.74, 6) is 0. The molecule has 0 aliphatic carbocycles. The predicted octanol–water partition coefficient (Wildman–Crippen LogP) is 14.2. The summed E-state index contributed by atoms with van der Waals surface area (Å²) in [6.45, 7) is 0. The largest absolute Gasteiger partial charge is 0.310 e. The van der Waals surface area contributed by atoms with Crippen LogP contribution in [0.15, 0.2) is 200 Å². The van der Waals surface area contributed by atoms with Crippen molar-refractivity contribution in [3.63, 3.8) is 0 Å². The van der Waals surface area contributed by atoms with Gasteiger partial charge in [-0.3, -0.25) is 0 Å². The molecule has 9 aromatic rings. The molecular weight excluding hydrogens is 623 g/mol. The molecule has 9 rings (SSSR count). The van der Waals surface area contributed by atoms with Crippen molar-refractivity contribution in [1.82, 2.24) is 0 Å². The van der Waals surface area contributed by atoms with Gasteiger partial charge in [-0.05, 0) is 87.5 Å². The van der Waals surface area contributed by atoms with Crippen molar-refractivity contribution in [1.29, 1.82) is 0 Å². The van der Waals surface area contributed by atoms with Crippen LogP contribution in [0.25, 0.3) is 64.7 Å². The summed E-state index contributed by atoms with van der Waals surface area (Å²) in [7, 11) is 0. The van der Waals surface area contributed by atoms with Gasteiger partial charge in [0.2, 0.25) is 0 Å². The number of hydrogen-bond acceptors (Lipinski definition) is 2. The quantitative estimate of drug-likeness (QED) is 0.165. The van der Waals surface area contributed by atoms with Crippen LogP contribution in [0, 0.1) is 0 Å². The van der Waals surface area contributed by atoms with Crippen LogP contribution < -0.4 is 4.90 Å². The van der Waals surface area contributed by atoms with Crippen molar-refractivity contribution in [3.05, 3.63) is 200 Å². The molecule has 236 valence electrons. The molecule has 0 aliphatic rings. The number of benzene rings is 8. The number of rotatable bonds is 7. The molecule has 2 heteroatoms. The van der Waals surface area contributed by atoms with Crippen molar-refractivity contribution in [2.75, 3.05) is 4.90 Å². The number of thiophene rings is 1. The lowest BCUT2D eigenvalue weighted by Gasteiger charge is -2.28. The lowest BCUT2D eigenvalue weighted by molar-refractivity contribution is 1.28. The summed E-state index contributed by atoms with van der Waals surface area (Å²) in [6, 6.07) is 72.3. The smallest absolute Gasteiger partial charge is 0.0540 e. The lowest BCUT2D eigenvalue weighted by Crippen LogP contribution is -2.11. The maximum absolute atomic E-state index is 2.40. The Morgan fingerprint density at radius 1 is 0.300 bits per heavy atom. The summed E-state index contributed by atoms with van der Waals surface area (Å²) in [4.78, 5) is 2.40. The van der Waals surface area contributed by atoms with Crippen molar-refractivity contribution in [2.24, 2.45) is 0 Å². The summed E-state index contributed by atoms with van der Waals surface area (Å²) >= 11 is 1.87. The molecule has 0 aliphatic heterocycles. The number of nitrogens with zero attached hydrogens (tertiary/aromatic N) is 1. The van der Waals surface area contributed by atoms with Gasteiger partial charge in [-0.25, -0.2) is 0 Å². The monoisotopic (exact) mass is 655 g/mol. The van der Waals surface area contributed by atoms with Gasteiger partial charge >= 0.3 is 0 Å². The maximum Gasteiger partial charge on any atom is 0.0540 e. The van der Waals surface area contributed by atoms with Crippen LogP contribution in [0.5, 0.6) is 0 Å². The van der Waals surface area contributed by atoms with E-state index in [1.165, 1.54) is 64.7 Å². The van der Waals surface area contributed by atoms with Crippen molar-refractivity contribution in [2.45, 2.75) is 0 Å². The fraction of sp³-hybridized carbons (Fsp3) is 0. The van der Waals surface area contributed by atoms with Gasteiger partial charge in [-0.2, -0.15) is 0 Å². The molecule has 1 aromatic heterocycles. The summed E-state index contributed by atoms with van der Waals surface area (Å²) in [5.41, 5.74) is 12.9. The Bertz CT molecular complexity index is 2600. The van der Waals surface area contributed by atoms with Crippen molar-refractivity contribution < 1.29 is 0 Å². The van der Waals surface area contributed by atoms with Gasteiger partial charge in [0.25, 0.3) is 0 Å². The zero-order valence-corrected chi connectivity index (χ0v) is 28.2. The topological polar surface area (TPSA) is 3.24 Å². The number of para-hydroxylation sites is 1. The molecule has 1 nitrogen and oxygen atoms in total. The van der Waals surface area contributed by atoms with Gasteiger partial charge in [0.05, 0.1) is 5.69 Å². The highest BCUT2D eigenvalue weighted by Gasteiger charge is 2.18. The number of fused-ring (bicyclic) bond motifs is 3. The average Bonchev–Trinajstić information content (AvgIpc) is 3.57. The van der Waals surface area contributed by atoms with E-state index in [0.717, 1.165) is 17.1 Å². The number of anilines is 3. The molecule has 0 unspecified atom stereocenters. The Hall–Kier alpha value is -6.22. The summed E-state index contributed by atoms with van der Waals surface area (Å²) in [5, 5.41) is 2.66. The van der Waals surface area contributed by atoms with Crippen LogP contribution in [0.1, 0.15) is 0 Å². The molecule has 0 N–H and O–H groups in total. The third-order valence-electron chi connectivity index (χ3n) is 9.45. The molecule has 0 fully saturated rings. The molecule has 0 saturated heterocycles. The first-order chi connectivity index (χ1) is 24.8. The van der Waals surface area contributed by atoms with Crippen LogP contribution in [0.4, 0.5) is 17.1 Å². The van der Waals surface area contributed by atoms with Crippen molar-refractivity contribution in [3.8, 4) is 44.5 Å². The normalized spacial score (nSPS) is 11.2. The SMILES string of the molecule is c1ccc(-c2cccc(N(c3cccc(-c4cccc(-c5ccc6c(c5)sc5ccccc56)c4)c3)c3ccccc3-c3ccccc3)c2)cc1. The Morgan fingerprint density at radius 2 is 0.800 bits per heavy atom. The molecule has 0 bridgehead atoms. The van der Waals surface area contributed by atoms with E-state index in [9.17, 15) is 0 Å². The molecule has 0 radical (unpaired) electrons. The molecule has 8 aromatic carbocycles. The fourth-order valence-electron chi connectivity index (χ4n) is 7.02. The Kier molecular flexibility index (Phi) is 7.77. The highest BCUT2D eigenvalue weighted by atomic mass is 32.1. The zero-order chi connectivity index (χ0) is 33.3. The number of hydrogen-bond donors (Lipinski definition) is 0. The van der Waals surface area contributed by atoms with Crippen LogP contribution in [-0.2, 0) is 0 Å². The molecule has 1 heterocycles. The standard InChI is InChI=1S/C48H33NS/c1-3-14-34(15-4-1)38-20-12-22-41(31-38)49(46-26-9-7-24-43(46)35-16-5-2-6-17-35)42-23-13-21-39(32-42)36-18-11-19-37(30-36)40-28-29-45-44-25-8-10-27-47(44)50-48(45)33-40/h1-33H. The highest BCUT2D eigenvalue weighted by Crippen LogP contribution is 2.43. The zero-order valence-electron chi connectivity index (χ0n) is 27.4. The van der Waals surface area contributed by atoms with Gasteiger partial charge in [-0.1, -0.05) is 152 Å². The molecule has 50 heavy (non-hydrogen) atoms. The lowest BCUT2D eigenvalue weighted by atomic mass is 9.97. The van der Waals surface area contributed by atoms with Crippen LogP contribution in [0.2, 0.25) is 0 Å². The minimum atomic E-state index is 1.10. The van der Waals surface area contributed by atoms with E-state index in [4.69, 9.17) is 0 Å².